The Morgan fingerprint density at radius 3 is 2.75 bits per heavy atom. The van der Waals surface area contributed by atoms with Crippen LogP contribution in [-0.2, 0) is 9.53 Å². The minimum absolute atomic E-state index is 0.0672. The summed E-state index contributed by atoms with van der Waals surface area (Å²) in [5.41, 5.74) is 0. The maximum Gasteiger partial charge on any atom is 0.326 e. The monoisotopic (exact) mass is 284 g/mol. The highest BCUT2D eigenvalue weighted by Crippen LogP contribution is 2.42. The van der Waals surface area contributed by atoms with Gasteiger partial charge in [0, 0.05) is 20.7 Å². The molecule has 2 fully saturated rings. The molecule has 4 unspecified atom stereocenters. The molecule has 1 saturated heterocycles. The van der Waals surface area contributed by atoms with E-state index < -0.39 is 12.0 Å². The molecular weight excluding hydrogens is 260 g/mol. The molecule has 20 heavy (non-hydrogen) atoms. The van der Waals surface area contributed by atoms with Gasteiger partial charge in [-0.1, -0.05) is 6.42 Å². The van der Waals surface area contributed by atoms with Gasteiger partial charge in [0.05, 0.1) is 12.6 Å². The van der Waals surface area contributed by atoms with E-state index in [0.29, 0.717) is 19.1 Å². The lowest BCUT2D eigenvalue weighted by Crippen LogP contribution is -2.51. The number of likely N-dealkylation sites (N-methyl/N-ethyl adjacent to an activating group) is 1. The van der Waals surface area contributed by atoms with Gasteiger partial charge in [0.15, 0.2) is 0 Å². The van der Waals surface area contributed by atoms with Crippen LogP contribution in [0.15, 0.2) is 0 Å². The molecule has 0 radical (unpaired) electrons. The highest BCUT2D eigenvalue weighted by molar-refractivity contribution is 5.84. The van der Waals surface area contributed by atoms with Crippen molar-refractivity contribution in [2.45, 2.75) is 38.3 Å². The maximum atomic E-state index is 12.5. The molecule has 0 bridgehead atoms. The van der Waals surface area contributed by atoms with Crippen LogP contribution in [0.4, 0.5) is 4.79 Å². The molecule has 0 aromatic rings. The maximum absolute atomic E-state index is 12.5. The molecule has 6 heteroatoms. The van der Waals surface area contributed by atoms with E-state index in [1.807, 2.05) is 6.92 Å². The zero-order valence-corrected chi connectivity index (χ0v) is 12.4. The molecule has 1 aliphatic carbocycles. The van der Waals surface area contributed by atoms with Gasteiger partial charge in [-0.15, -0.1) is 0 Å². The zero-order valence-electron chi connectivity index (χ0n) is 12.4. The van der Waals surface area contributed by atoms with Crippen LogP contribution in [0.2, 0.25) is 0 Å². The van der Waals surface area contributed by atoms with E-state index in [0.717, 1.165) is 19.3 Å². The fraction of sp³-hybridized carbons (Fsp3) is 0.857. The fourth-order valence-electron chi connectivity index (χ4n) is 3.56. The lowest BCUT2D eigenvalue weighted by atomic mass is 9.94. The van der Waals surface area contributed by atoms with E-state index in [1.54, 1.807) is 24.0 Å². The SMILES string of the molecule is COCC(C)N(C)C(=O)N1CC2CCCC2C1C(=O)O. The van der Waals surface area contributed by atoms with Gasteiger partial charge in [0.2, 0.25) is 0 Å². The third-order valence-electron chi connectivity index (χ3n) is 4.76. The quantitative estimate of drug-likeness (QED) is 0.843. The van der Waals surface area contributed by atoms with E-state index in [1.165, 1.54) is 0 Å². The summed E-state index contributed by atoms with van der Waals surface area (Å²) in [6.45, 7) is 2.92. The summed E-state index contributed by atoms with van der Waals surface area (Å²) >= 11 is 0. The predicted molar refractivity (Wildman–Crippen MR) is 73.5 cm³/mol. The standard InChI is InChI=1S/C14H24N2O4/c1-9(8-20-3)15(2)14(19)16-7-10-5-4-6-11(10)12(16)13(17)18/h9-12H,4-8H2,1-3H3,(H,17,18). The number of ether oxygens (including phenoxy) is 1. The first-order chi connectivity index (χ1) is 9.47. The van der Waals surface area contributed by atoms with Crippen molar-refractivity contribution in [2.75, 3.05) is 27.3 Å². The molecule has 2 amide bonds. The Hall–Kier alpha value is -1.30. The Labute approximate surface area is 119 Å². The van der Waals surface area contributed by atoms with Crippen molar-refractivity contribution in [2.24, 2.45) is 11.8 Å². The summed E-state index contributed by atoms with van der Waals surface area (Å²) in [5, 5.41) is 9.47. The fourth-order valence-corrected chi connectivity index (χ4v) is 3.56. The van der Waals surface area contributed by atoms with Crippen LogP contribution in [0.5, 0.6) is 0 Å². The minimum Gasteiger partial charge on any atom is -0.480 e. The summed E-state index contributed by atoms with van der Waals surface area (Å²) in [4.78, 5) is 27.2. The molecule has 2 aliphatic rings. The van der Waals surface area contributed by atoms with Crippen molar-refractivity contribution in [3.8, 4) is 0 Å². The smallest absolute Gasteiger partial charge is 0.326 e. The molecule has 114 valence electrons. The van der Waals surface area contributed by atoms with Crippen LogP contribution in [0.1, 0.15) is 26.2 Å². The van der Waals surface area contributed by atoms with Crippen molar-refractivity contribution in [1.82, 2.24) is 9.80 Å². The first-order valence-corrected chi connectivity index (χ1v) is 7.22. The van der Waals surface area contributed by atoms with Gasteiger partial charge in [-0.3, -0.25) is 0 Å². The average molecular weight is 284 g/mol. The number of amides is 2. The Morgan fingerprint density at radius 2 is 2.15 bits per heavy atom. The molecule has 4 atom stereocenters. The minimum atomic E-state index is -0.874. The summed E-state index contributed by atoms with van der Waals surface area (Å²) in [6, 6.07) is -0.925. The molecule has 0 spiro atoms. The summed E-state index contributed by atoms with van der Waals surface area (Å²) in [6.07, 6.45) is 3.04. The number of nitrogens with zero attached hydrogens (tertiary/aromatic N) is 2. The number of carbonyl (C=O) groups is 2. The van der Waals surface area contributed by atoms with Gasteiger partial charge in [-0.05, 0) is 31.6 Å². The Morgan fingerprint density at radius 1 is 1.45 bits per heavy atom. The first kappa shape index (κ1) is 15.1. The number of carboxylic acid groups (broad SMARTS) is 1. The Kier molecular flexibility index (Phi) is 4.52. The van der Waals surface area contributed by atoms with E-state index in [9.17, 15) is 14.7 Å². The number of hydrogen-bond donors (Lipinski definition) is 1. The normalized spacial score (nSPS) is 30.1. The van der Waals surface area contributed by atoms with Gasteiger partial charge < -0.3 is 19.6 Å². The van der Waals surface area contributed by atoms with E-state index >= 15 is 0 Å². The van der Waals surface area contributed by atoms with Crippen LogP contribution < -0.4 is 0 Å². The average Bonchev–Trinajstić information content (AvgIpc) is 2.96. The number of hydrogen-bond acceptors (Lipinski definition) is 3. The zero-order chi connectivity index (χ0) is 14.9. The molecule has 0 aromatic heterocycles. The second kappa shape index (κ2) is 5.99. The second-order valence-electron chi connectivity index (χ2n) is 5.99. The van der Waals surface area contributed by atoms with Gasteiger partial charge in [-0.2, -0.15) is 0 Å². The molecular formula is C14H24N2O4. The van der Waals surface area contributed by atoms with Crippen LogP contribution in [0, 0.1) is 11.8 Å². The van der Waals surface area contributed by atoms with Crippen molar-refractivity contribution in [3.05, 3.63) is 0 Å². The van der Waals surface area contributed by atoms with Gasteiger partial charge in [-0.25, -0.2) is 9.59 Å². The van der Waals surface area contributed by atoms with E-state index in [2.05, 4.69) is 0 Å². The number of fused-ring (bicyclic) bond motifs is 1. The van der Waals surface area contributed by atoms with Crippen molar-refractivity contribution < 1.29 is 19.4 Å². The van der Waals surface area contributed by atoms with Crippen LogP contribution >= 0.6 is 0 Å². The molecule has 1 heterocycles. The number of methoxy groups -OCH3 is 1. The van der Waals surface area contributed by atoms with Gasteiger partial charge >= 0.3 is 12.0 Å². The van der Waals surface area contributed by atoms with Gasteiger partial charge in [0.25, 0.3) is 0 Å². The number of carbonyl (C=O) groups excluding carboxylic acids is 1. The molecule has 2 rings (SSSR count). The number of aliphatic carboxylic acids is 1. The summed E-state index contributed by atoms with van der Waals surface area (Å²) in [5.74, 6) is -0.394. The van der Waals surface area contributed by atoms with Crippen molar-refractivity contribution in [1.29, 1.82) is 0 Å². The predicted octanol–water partition coefficient (Wildman–Crippen LogP) is 1.26. The highest BCUT2D eigenvalue weighted by Gasteiger charge is 2.50. The first-order valence-electron chi connectivity index (χ1n) is 7.22. The lowest BCUT2D eigenvalue weighted by Gasteiger charge is -2.32. The van der Waals surface area contributed by atoms with E-state index in [-0.39, 0.29) is 18.0 Å². The van der Waals surface area contributed by atoms with Crippen LogP contribution in [-0.4, -0.2) is 66.3 Å². The molecule has 6 nitrogen and oxygen atoms in total. The molecule has 0 aromatic carbocycles. The van der Waals surface area contributed by atoms with Crippen LogP contribution in [0.3, 0.4) is 0 Å². The van der Waals surface area contributed by atoms with Crippen molar-refractivity contribution in [3.63, 3.8) is 0 Å². The van der Waals surface area contributed by atoms with Crippen molar-refractivity contribution >= 4 is 12.0 Å². The Bertz CT molecular complexity index is 387. The number of likely N-dealkylation sites (tertiary alicyclic amines) is 1. The summed E-state index contributed by atoms with van der Waals surface area (Å²) < 4.78 is 5.06. The topological polar surface area (TPSA) is 70.1 Å². The van der Waals surface area contributed by atoms with Crippen LogP contribution in [0.25, 0.3) is 0 Å². The number of carboxylic acids is 1. The summed E-state index contributed by atoms with van der Waals surface area (Å²) in [7, 11) is 3.30. The number of rotatable bonds is 4. The molecule has 1 N–H and O–H groups in total. The second-order valence-corrected chi connectivity index (χ2v) is 5.99. The third kappa shape index (κ3) is 2.61. The van der Waals surface area contributed by atoms with Gasteiger partial charge in [0.1, 0.15) is 6.04 Å². The van der Waals surface area contributed by atoms with E-state index in [4.69, 9.17) is 4.74 Å². The Balaban J connectivity index is 2.10. The lowest BCUT2D eigenvalue weighted by molar-refractivity contribution is -0.142. The third-order valence-corrected chi connectivity index (χ3v) is 4.76. The number of urea groups is 1. The highest BCUT2D eigenvalue weighted by atomic mass is 16.5. The molecule has 1 saturated carbocycles. The molecule has 1 aliphatic heterocycles. The largest absolute Gasteiger partial charge is 0.480 e.